The predicted octanol–water partition coefficient (Wildman–Crippen LogP) is 2.77. The molecule has 0 aliphatic rings. The van der Waals surface area contributed by atoms with Crippen molar-refractivity contribution in [3.8, 4) is 10.6 Å². The Morgan fingerprint density at radius 2 is 2.20 bits per heavy atom. The van der Waals surface area contributed by atoms with Crippen LogP contribution in [0.5, 0.6) is 0 Å². The molecule has 0 radical (unpaired) electrons. The molecular weight excluding hydrogens is 232 g/mol. The lowest BCUT2D eigenvalue weighted by Gasteiger charge is -2.02. The largest absolute Gasteiger partial charge is 0.323 e. The van der Waals surface area contributed by atoms with Gasteiger partial charge >= 0.3 is 0 Å². The molecule has 0 unspecified atom stereocenters. The summed E-state index contributed by atoms with van der Waals surface area (Å²) >= 11 is 7.37. The van der Waals surface area contributed by atoms with E-state index in [1.165, 1.54) is 11.3 Å². The number of hydrogen-bond donors (Lipinski definition) is 1. The third-order valence-electron chi connectivity index (χ3n) is 2.17. The lowest BCUT2D eigenvalue weighted by Crippen LogP contribution is -2.13. The number of aromatic nitrogens is 2. The minimum Gasteiger partial charge on any atom is -0.323 e. The molecule has 0 saturated heterocycles. The van der Waals surface area contributed by atoms with Gasteiger partial charge in [0, 0.05) is 5.69 Å². The SMILES string of the molecule is Cc1nc(-c2sccc2Cl)c(=O)[nH]c1C. The lowest BCUT2D eigenvalue weighted by molar-refractivity contribution is 1.02. The van der Waals surface area contributed by atoms with E-state index in [2.05, 4.69) is 9.97 Å². The van der Waals surface area contributed by atoms with E-state index in [4.69, 9.17) is 11.6 Å². The molecule has 0 bridgehead atoms. The van der Waals surface area contributed by atoms with Gasteiger partial charge < -0.3 is 4.98 Å². The molecule has 5 heteroatoms. The van der Waals surface area contributed by atoms with Gasteiger partial charge in [0.15, 0.2) is 0 Å². The smallest absolute Gasteiger partial charge is 0.275 e. The lowest BCUT2D eigenvalue weighted by atomic mass is 10.3. The van der Waals surface area contributed by atoms with Crippen molar-refractivity contribution in [3.05, 3.63) is 38.2 Å². The molecule has 0 saturated carbocycles. The van der Waals surface area contributed by atoms with E-state index in [0.29, 0.717) is 10.7 Å². The summed E-state index contributed by atoms with van der Waals surface area (Å²) in [5.41, 5.74) is 1.81. The van der Waals surface area contributed by atoms with Gasteiger partial charge in [-0.3, -0.25) is 4.79 Å². The average molecular weight is 241 g/mol. The first kappa shape index (κ1) is 10.4. The Hall–Kier alpha value is -1.13. The first-order valence-electron chi connectivity index (χ1n) is 4.40. The topological polar surface area (TPSA) is 45.8 Å². The van der Waals surface area contributed by atoms with Gasteiger partial charge in [-0.1, -0.05) is 11.6 Å². The van der Waals surface area contributed by atoms with Crippen LogP contribution in [0.25, 0.3) is 10.6 Å². The molecule has 0 aliphatic heterocycles. The molecule has 1 N–H and O–H groups in total. The van der Waals surface area contributed by atoms with Gasteiger partial charge in [-0.2, -0.15) is 0 Å². The summed E-state index contributed by atoms with van der Waals surface area (Å²) in [6.07, 6.45) is 0. The highest BCUT2D eigenvalue weighted by molar-refractivity contribution is 7.14. The van der Waals surface area contributed by atoms with E-state index in [1.54, 1.807) is 6.07 Å². The number of aryl methyl sites for hydroxylation is 2. The maximum absolute atomic E-state index is 11.7. The fourth-order valence-electron chi connectivity index (χ4n) is 1.24. The second-order valence-electron chi connectivity index (χ2n) is 3.22. The minimum atomic E-state index is -0.192. The number of H-pyrrole nitrogens is 1. The summed E-state index contributed by atoms with van der Waals surface area (Å²) in [7, 11) is 0. The van der Waals surface area contributed by atoms with Crippen molar-refractivity contribution < 1.29 is 0 Å². The fourth-order valence-corrected chi connectivity index (χ4v) is 2.37. The van der Waals surface area contributed by atoms with E-state index in [9.17, 15) is 4.79 Å². The van der Waals surface area contributed by atoms with Crippen molar-refractivity contribution in [2.24, 2.45) is 0 Å². The Labute approximate surface area is 95.8 Å². The molecule has 0 aliphatic carbocycles. The summed E-state index contributed by atoms with van der Waals surface area (Å²) in [4.78, 5) is 19.4. The van der Waals surface area contributed by atoms with E-state index in [0.717, 1.165) is 16.3 Å². The van der Waals surface area contributed by atoms with E-state index in [1.807, 2.05) is 19.2 Å². The third-order valence-corrected chi connectivity index (χ3v) is 3.52. The number of hydrogen-bond acceptors (Lipinski definition) is 3. The van der Waals surface area contributed by atoms with Crippen molar-refractivity contribution in [1.29, 1.82) is 0 Å². The molecule has 2 heterocycles. The molecular formula is C10H9ClN2OS. The van der Waals surface area contributed by atoms with Crippen LogP contribution in [0.3, 0.4) is 0 Å². The zero-order chi connectivity index (χ0) is 11.0. The molecule has 0 spiro atoms. The van der Waals surface area contributed by atoms with Crippen LogP contribution in [-0.4, -0.2) is 9.97 Å². The van der Waals surface area contributed by atoms with E-state index < -0.39 is 0 Å². The molecule has 0 amide bonds. The second-order valence-corrected chi connectivity index (χ2v) is 4.55. The highest BCUT2D eigenvalue weighted by Gasteiger charge is 2.12. The number of aromatic amines is 1. The maximum atomic E-state index is 11.7. The molecule has 78 valence electrons. The van der Waals surface area contributed by atoms with Crippen LogP contribution in [-0.2, 0) is 0 Å². The monoisotopic (exact) mass is 240 g/mol. The highest BCUT2D eigenvalue weighted by Crippen LogP contribution is 2.29. The van der Waals surface area contributed by atoms with Crippen LogP contribution in [0.2, 0.25) is 5.02 Å². The van der Waals surface area contributed by atoms with Gasteiger partial charge in [-0.05, 0) is 25.3 Å². The number of thiophene rings is 1. The zero-order valence-electron chi connectivity index (χ0n) is 8.30. The molecule has 2 aromatic heterocycles. The van der Waals surface area contributed by atoms with Crippen LogP contribution in [0.1, 0.15) is 11.4 Å². The quantitative estimate of drug-likeness (QED) is 0.833. The zero-order valence-corrected chi connectivity index (χ0v) is 9.87. The summed E-state index contributed by atoms with van der Waals surface area (Å²) in [6, 6.07) is 1.76. The molecule has 2 rings (SSSR count). The van der Waals surface area contributed by atoms with Gasteiger partial charge in [-0.15, -0.1) is 11.3 Å². The van der Waals surface area contributed by atoms with Crippen molar-refractivity contribution in [2.45, 2.75) is 13.8 Å². The average Bonchev–Trinajstić information content (AvgIpc) is 2.58. The van der Waals surface area contributed by atoms with Gasteiger partial charge in [0.2, 0.25) is 0 Å². The number of halogens is 1. The third kappa shape index (κ3) is 1.82. The molecule has 0 atom stereocenters. The fraction of sp³-hybridized carbons (Fsp3) is 0.200. The van der Waals surface area contributed by atoms with E-state index in [-0.39, 0.29) is 5.56 Å². The second kappa shape index (κ2) is 3.79. The maximum Gasteiger partial charge on any atom is 0.275 e. The highest BCUT2D eigenvalue weighted by atomic mass is 35.5. The Kier molecular flexibility index (Phi) is 2.63. The number of rotatable bonds is 1. The standard InChI is InChI=1S/C10H9ClN2OS/c1-5-6(2)13-10(14)8(12-5)9-7(11)3-4-15-9/h3-4H,1-2H3,(H,13,14). The Balaban J connectivity index is 2.69. The van der Waals surface area contributed by atoms with Crippen molar-refractivity contribution in [3.63, 3.8) is 0 Å². The first-order valence-corrected chi connectivity index (χ1v) is 5.66. The number of nitrogens with zero attached hydrogens (tertiary/aromatic N) is 1. The van der Waals surface area contributed by atoms with Gasteiger partial charge in [0.05, 0.1) is 15.6 Å². The van der Waals surface area contributed by atoms with Crippen LogP contribution >= 0.6 is 22.9 Å². The summed E-state index contributed by atoms with van der Waals surface area (Å²) in [5, 5.41) is 2.41. The summed E-state index contributed by atoms with van der Waals surface area (Å²) < 4.78 is 0. The van der Waals surface area contributed by atoms with Crippen molar-refractivity contribution in [1.82, 2.24) is 9.97 Å². The van der Waals surface area contributed by atoms with Crippen LogP contribution in [0.4, 0.5) is 0 Å². The predicted molar refractivity (Wildman–Crippen MR) is 62.7 cm³/mol. The van der Waals surface area contributed by atoms with Crippen molar-refractivity contribution >= 4 is 22.9 Å². The molecule has 3 nitrogen and oxygen atoms in total. The van der Waals surface area contributed by atoms with Gasteiger partial charge in [0.1, 0.15) is 5.69 Å². The van der Waals surface area contributed by atoms with Gasteiger partial charge in [-0.25, -0.2) is 4.98 Å². The minimum absolute atomic E-state index is 0.192. The molecule has 2 aromatic rings. The van der Waals surface area contributed by atoms with E-state index >= 15 is 0 Å². The Bertz CT molecular complexity index is 559. The summed E-state index contributed by atoms with van der Waals surface area (Å²) in [5.74, 6) is 0. The van der Waals surface area contributed by atoms with Crippen molar-refractivity contribution in [2.75, 3.05) is 0 Å². The first-order chi connectivity index (χ1) is 7.09. The van der Waals surface area contributed by atoms with Crippen LogP contribution in [0, 0.1) is 13.8 Å². The Morgan fingerprint density at radius 1 is 1.47 bits per heavy atom. The molecule has 0 fully saturated rings. The Morgan fingerprint density at radius 3 is 2.80 bits per heavy atom. The molecule has 15 heavy (non-hydrogen) atoms. The van der Waals surface area contributed by atoms with Crippen LogP contribution in [0.15, 0.2) is 16.2 Å². The summed E-state index contributed by atoms with van der Waals surface area (Å²) in [6.45, 7) is 3.68. The molecule has 0 aromatic carbocycles. The normalized spacial score (nSPS) is 10.6. The number of nitrogens with one attached hydrogen (secondary N) is 1. The van der Waals surface area contributed by atoms with Gasteiger partial charge in [0.25, 0.3) is 5.56 Å². The van der Waals surface area contributed by atoms with Crippen LogP contribution < -0.4 is 5.56 Å².